The average Bonchev–Trinajstić information content (AvgIpc) is 2.97. The summed E-state index contributed by atoms with van der Waals surface area (Å²) in [6, 6.07) is 6.75. The minimum absolute atomic E-state index is 0.230. The van der Waals surface area contributed by atoms with Gasteiger partial charge >= 0.3 is 6.09 Å². The summed E-state index contributed by atoms with van der Waals surface area (Å²) in [4.78, 5) is 27.0. The molecule has 3 rings (SSSR count). The molecule has 6 nitrogen and oxygen atoms in total. The van der Waals surface area contributed by atoms with Crippen LogP contribution in [0, 0.1) is 11.3 Å². The number of nitrogens with one attached hydrogen (secondary N) is 1. The van der Waals surface area contributed by atoms with Crippen LogP contribution in [0.5, 0.6) is 0 Å². The topological polar surface area (TPSA) is 82.4 Å². The number of halogens is 2. The van der Waals surface area contributed by atoms with E-state index in [1.807, 2.05) is 0 Å². The first-order chi connectivity index (χ1) is 12.9. The molecule has 0 fully saturated rings. The van der Waals surface area contributed by atoms with Crippen molar-refractivity contribution in [1.82, 2.24) is 4.90 Å². The number of nitrogens with zero attached hydrogens (tertiary/aromatic N) is 2. The zero-order chi connectivity index (χ0) is 19.6. The van der Waals surface area contributed by atoms with Crippen LogP contribution in [-0.4, -0.2) is 30.1 Å². The molecule has 2 amide bonds. The minimum atomic E-state index is -0.422. The summed E-state index contributed by atoms with van der Waals surface area (Å²) in [6.07, 6.45) is 0.152. The first kappa shape index (κ1) is 19.5. The number of fused-ring (bicyclic) bond motifs is 1. The van der Waals surface area contributed by atoms with Gasteiger partial charge in [0.25, 0.3) is 5.91 Å². The molecule has 0 saturated carbocycles. The Balaban J connectivity index is 1.84. The number of thiophene rings is 1. The van der Waals surface area contributed by atoms with Gasteiger partial charge in [-0.1, -0.05) is 23.2 Å². The molecule has 140 valence electrons. The number of ether oxygens (including phenoxy) is 1. The van der Waals surface area contributed by atoms with E-state index in [2.05, 4.69) is 11.4 Å². The molecule has 1 aliphatic heterocycles. The highest BCUT2D eigenvalue weighted by molar-refractivity contribution is 7.16. The maximum atomic E-state index is 12.6. The maximum Gasteiger partial charge on any atom is 0.410 e. The van der Waals surface area contributed by atoms with Gasteiger partial charge in [-0.2, -0.15) is 5.26 Å². The van der Waals surface area contributed by atoms with Gasteiger partial charge in [0.15, 0.2) is 0 Å². The van der Waals surface area contributed by atoms with Gasteiger partial charge in [-0.25, -0.2) is 4.79 Å². The minimum Gasteiger partial charge on any atom is -0.450 e. The molecule has 2 aromatic rings. The molecule has 0 atom stereocenters. The number of nitriles is 1. The Morgan fingerprint density at radius 2 is 2.19 bits per heavy atom. The number of amides is 2. The third-order valence-corrected chi connectivity index (χ3v) is 5.78. The summed E-state index contributed by atoms with van der Waals surface area (Å²) in [5.74, 6) is -0.422. The number of rotatable bonds is 3. The van der Waals surface area contributed by atoms with Crippen LogP contribution in [0.2, 0.25) is 10.0 Å². The first-order valence-electron chi connectivity index (χ1n) is 8.17. The van der Waals surface area contributed by atoms with Gasteiger partial charge in [-0.05, 0) is 37.1 Å². The largest absolute Gasteiger partial charge is 0.450 e. The smallest absolute Gasteiger partial charge is 0.410 e. The van der Waals surface area contributed by atoms with Gasteiger partial charge in [0.2, 0.25) is 0 Å². The Morgan fingerprint density at radius 3 is 2.85 bits per heavy atom. The average molecular weight is 424 g/mol. The summed E-state index contributed by atoms with van der Waals surface area (Å²) in [6.45, 7) is 2.87. The Bertz CT molecular complexity index is 952. The van der Waals surface area contributed by atoms with Crippen LogP contribution >= 0.6 is 34.5 Å². The van der Waals surface area contributed by atoms with E-state index in [1.54, 1.807) is 17.9 Å². The quantitative estimate of drug-likeness (QED) is 0.775. The number of hydrogen-bond donors (Lipinski definition) is 1. The van der Waals surface area contributed by atoms with Crippen LogP contribution in [-0.2, 0) is 17.7 Å². The predicted octanol–water partition coefficient (Wildman–Crippen LogP) is 4.69. The van der Waals surface area contributed by atoms with Gasteiger partial charge < -0.3 is 15.0 Å². The summed E-state index contributed by atoms with van der Waals surface area (Å²) in [5.41, 5.74) is 1.56. The number of anilines is 1. The Morgan fingerprint density at radius 1 is 1.41 bits per heavy atom. The second-order valence-electron chi connectivity index (χ2n) is 5.77. The molecule has 1 N–H and O–H groups in total. The van der Waals surface area contributed by atoms with Crippen molar-refractivity contribution in [1.29, 1.82) is 5.26 Å². The van der Waals surface area contributed by atoms with Crippen molar-refractivity contribution >= 4 is 51.5 Å². The monoisotopic (exact) mass is 423 g/mol. The van der Waals surface area contributed by atoms with E-state index >= 15 is 0 Å². The number of hydrogen-bond acceptors (Lipinski definition) is 5. The van der Waals surface area contributed by atoms with E-state index in [-0.39, 0.29) is 16.7 Å². The second kappa shape index (κ2) is 8.17. The Kier molecular flexibility index (Phi) is 5.90. The molecular formula is C18H15Cl2N3O3S. The molecule has 2 heterocycles. The van der Waals surface area contributed by atoms with Crippen LogP contribution in [0.25, 0.3) is 0 Å². The summed E-state index contributed by atoms with van der Waals surface area (Å²) < 4.78 is 5.04. The predicted molar refractivity (Wildman–Crippen MR) is 105 cm³/mol. The van der Waals surface area contributed by atoms with Crippen molar-refractivity contribution in [3.8, 4) is 6.07 Å². The third-order valence-electron chi connectivity index (χ3n) is 4.10. The molecule has 0 saturated heterocycles. The normalized spacial score (nSPS) is 12.9. The van der Waals surface area contributed by atoms with Crippen LogP contribution in [0.3, 0.4) is 0 Å². The highest BCUT2D eigenvalue weighted by Gasteiger charge is 2.28. The van der Waals surface area contributed by atoms with E-state index in [9.17, 15) is 14.9 Å². The van der Waals surface area contributed by atoms with Crippen molar-refractivity contribution in [3.05, 3.63) is 49.8 Å². The summed E-state index contributed by atoms with van der Waals surface area (Å²) in [7, 11) is 0. The fourth-order valence-corrected chi connectivity index (χ4v) is 4.53. The zero-order valence-corrected chi connectivity index (χ0v) is 16.7. The Hall–Kier alpha value is -2.27. The van der Waals surface area contributed by atoms with Crippen molar-refractivity contribution in [2.75, 3.05) is 18.5 Å². The van der Waals surface area contributed by atoms with Crippen molar-refractivity contribution in [3.63, 3.8) is 0 Å². The molecule has 0 unspecified atom stereocenters. The van der Waals surface area contributed by atoms with Crippen molar-refractivity contribution < 1.29 is 14.3 Å². The molecule has 0 aliphatic carbocycles. The Labute approximate surface area is 170 Å². The van der Waals surface area contributed by atoms with E-state index in [4.69, 9.17) is 27.9 Å². The van der Waals surface area contributed by atoms with E-state index in [1.165, 1.54) is 23.5 Å². The van der Waals surface area contributed by atoms with E-state index < -0.39 is 5.91 Å². The standard InChI is InChI=1S/C18H15Cl2N3O3S/c1-2-26-18(25)23-6-5-11-13(8-21)17(27-15(11)9-23)22-16(24)12-4-3-10(19)7-14(12)20/h3-4,7H,2,5-6,9H2,1H3,(H,22,24). The molecule has 1 aromatic heterocycles. The van der Waals surface area contributed by atoms with Gasteiger partial charge in [0.1, 0.15) is 11.1 Å². The highest BCUT2D eigenvalue weighted by atomic mass is 35.5. The molecule has 0 radical (unpaired) electrons. The van der Waals surface area contributed by atoms with Crippen LogP contribution in [0.4, 0.5) is 9.80 Å². The molecule has 0 spiro atoms. The third kappa shape index (κ3) is 4.03. The second-order valence-corrected chi connectivity index (χ2v) is 7.72. The van der Waals surface area contributed by atoms with E-state index in [0.717, 1.165) is 10.4 Å². The lowest BCUT2D eigenvalue weighted by Gasteiger charge is -2.25. The van der Waals surface area contributed by atoms with Crippen LogP contribution < -0.4 is 5.32 Å². The van der Waals surface area contributed by atoms with Gasteiger partial charge in [0, 0.05) is 16.4 Å². The van der Waals surface area contributed by atoms with Crippen molar-refractivity contribution in [2.45, 2.75) is 19.9 Å². The maximum absolute atomic E-state index is 12.6. The zero-order valence-electron chi connectivity index (χ0n) is 14.3. The lowest BCUT2D eigenvalue weighted by molar-refractivity contribution is 0.102. The molecule has 0 bridgehead atoms. The molecular weight excluding hydrogens is 409 g/mol. The lowest BCUT2D eigenvalue weighted by Crippen LogP contribution is -2.35. The fourth-order valence-electron chi connectivity index (χ4n) is 2.82. The molecule has 1 aromatic carbocycles. The fraction of sp³-hybridized carbons (Fsp3) is 0.278. The van der Waals surface area contributed by atoms with Crippen LogP contribution in [0.15, 0.2) is 18.2 Å². The lowest BCUT2D eigenvalue weighted by atomic mass is 10.0. The SMILES string of the molecule is CCOC(=O)N1CCc2c(sc(NC(=O)c3ccc(Cl)cc3Cl)c2C#N)C1. The number of carbonyl (C=O) groups is 2. The number of benzene rings is 1. The van der Waals surface area contributed by atoms with Gasteiger partial charge in [-0.3, -0.25) is 4.79 Å². The summed E-state index contributed by atoms with van der Waals surface area (Å²) >= 11 is 13.2. The highest BCUT2D eigenvalue weighted by Crippen LogP contribution is 2.37. The van der Waals surface area contributed by atoms with Crippen molar-refractivity contribution in [2.24, 2.45) is 0 Å². The van der Waals surface area contributed by atoms with E-state index in [0.29, 0.717) is 41.7 Å². The first-order valence-corrected chi connectivity index (χ1v) is 9.74. The molecule has 9 heteroatoms. The molecule has 1 aliphatic rings. The summed E-state index contributed by atoms with van der Waals surface area (Å²) in [5, 5.41) is 13.4. The van der Waals surface area contributed by atoms with Gasteiger partial charge in [0.05, 0.1) is 29.3 Å². The van der Waals surface area contributed by atoms with Crippen LogP contribution in [0.1, 0.15) is 33.3 Å². The molecule has 27 heavy (non-hydrogen) atoms. The van der Waals surface area contributed by atoms with Gasteiger partial charge in [-0.15, -0.1) is 11.3 Å². The number of carbonyl (C=O) groups excluding carboxylic acids is 2.